The summed E-state index contributed by atoms with van der Waals surface area (Å²) < 4.78 is 0. The van der Waals surface area contributed by atoms with Crippen LogP contribution in [-0.4, -0.2) is 67.9 Å². The summed E-state index contributed by atoms with van der Waals surface area (Å²) in [6.07, 6.45) is 6.59. The summed E-state index contributed by atoms with van der Waals surface area (Å²) in [5.74, 6) is 0.364. The Morgan fingerprint density at radius 1 is 1.24 bits per heavy atom. The molecule has 124 valence electrons. The number of Topliss-reactive ketones (excluding diaryl/α,β-unsaturated/α-hetero) is 1. The molecule has 21 heavy (non-hydrogen) atoms. The first-order chi connectivity index (χ1) is 10.1. The molecule has 0 aromatic carbocycles. The van der Waals surface area contributed by atoms with E-state index in [0.29, 0.717) is 12.2 Å². The topological polar surface area (TPSA) is 35.6 Å². The van der Waals surface area contributed by atoms with E-state index in [1.807, 2.05) is 6.92 Å². The second-order valence-corrected chi connectivity index (χ2v) is 6.46. The van der Waals surface area contributed by atoms with Gasteiger partial charge < -0.3 is 15.1 Å². The van der Waals surface area contributed by atoms with Crippen molar-refractivity contribution in [3.63, 3.8) is 0 Å². The Kier molecular flexibility index (Phi) is 9.13. The standard InChI is InChI=1S/C17H35N3O/c1-5-17(21)16(18-6-2)9-7-8-12-20-13-10-15(11-14-20)19(3)4/h15-16,18H,5-14H2,1-4H3/t16-/m0/s1. The van der Waals surface area contributed by atoms with E-state index >= 15 is 0 Å². The number of hydrogen-bond acceptors (Lipinski definition) is 4. The first-order valence-electron chi connectivity index (χ1n) is 8.73. The van der Waals surface area contributed by atoms with E-state index in [9.17, 15) is 4.79 Å². The number of rotatable bonds is 10. The molecule has 1 heterocycles. The molecule has 1 rings (SSSR count). The van der Waals surface area contributed by atoms with Crippen LogP contribution in [0.1, 0.15) is 52.4 Å². The fourth-order valence-electron chi connectivity index (χ4n) is 3.21. The summed E-state index contributed by atoms with van der Waals surface area (Å²) in [5.41, 5.74) is 0. The quantitative estimate of drug-likeness (QED) is 0.627. The molecule has 1 saturated heterocycles. The maximum Gasteiger partial charge on any atom is 0.149 e. The van der Waals surface area contributed by atoms with Crippen LogP contribution >= 0.6 is 0 Å². The number of carbonyl (C=O) groups is 1. The van der Waals surface area contributed by atoms with Gasteiger partial charge in [0, 0.05) is 12.5 Å². The predicted octanol–water partition coefficient (Wildman–Crippen LogP) is 2.14. The summed E-state index contributed by atoms with van der Waals surface area (Å²) in [6, 6.07) is 0.848. The number of carbonyl (C=O) groups excluding carboxylic acids is 1. The van der Waals surface area contributed by atoms with E-state index in [2.05, 4.69) is 36.1 Å². The van der Waals surface area contributed by atoms with Crippen molar-refractivity contribution in [2.45, 2.75) is 64.5 Å². The number of ketones is 1. The molecule has 1 fully saturated rings. The highest BCUT2D eigenvalue weighted by molar-refractivity contribution is 5.83. The minimum Gasteiger partial charge on any atom is -0.308 e. The molecule has 4 nitrogen and oxygen atoms in total. The minimum absolute atomic E-state index is 0.0828. The predicted molar refractivity (Wildman–Crippen MR) is 89.8 cm³/mol. The Morgan fingerprint density at radius 3 is 2.43 bits per heavy atom. The third-order valence-electron chi connectivity index (χ3n) is 4.69. The number of nitrogens with zero attached hydrogens (tertiary/aromatic N) is 2. The highest BCUT2D eigenvalue weighted by Crippen LogP contribution is 2.15. The molecule has 1 aliphatic rings. The lowest BCUT2D eigenvalue weighted by Gasteiger charge is -2.35. The third kappa shape index (κ3) is 6.90. The third-order valence-corrected chi connectivity index (χ3v) is 4.69. The zero-order valence-electron chi connectivity index (χ0n) is 14.5. The van der Waals surface area contributed by atoms with Gasteiger partial charge in [-0.15, -0.1) is 0 Å². The molecular weight excluding hydrogens is 262 g/mol. The van der Waals surface area contributed by atoms with E-state index < -0.39 is 0 Å². The molecule has 0 saturated carbocycles. The summed E-state index contributed by atoms with van der Waals surface area (Å²) in [4.78, 5) is 16.8. The Bertz CT molecular complexity index is 286. The number of piperidine rings is 1. The Labute approximate surface area is 131 Å². The summed E-state index contributed by atoms with van der Waals surface area (Å²) in [5, 5.41) is 3.32. The van der Waals surface area contributed by atoms with Crippen LogP contribution < -0.4 is 5.32 Å². The largest absolute Gasteiger partial charge is 0.308 e. The van der Waals surface area contributed by atoms with Gasteiger partial charge in [0.25, 0.3) is 0 Å². The van der Waals surface area contributed by atoms with Gasteiger partial charge >= 0.3 is 0 Å². The fourth-order valence-corrected chi connectivity index (χ4v) is 3.21. The van der Waals surface area contributed by atoms with E-state index in [1.54, 1.807) is 0 Å². The number of hydrogen-bond donors (Lipinski definition) is 1. The van der Waals surface area contributed by atoms with Crippen LogP contribution in [0.5, 0.6) is 0 Å². The lowest BCUT2D eigenvalue weighted by molar-refractivity contribution is -0.120. The van der Waals surface area contributed by atoms with E-state index in [4.69, 9.17) is 0 Å². The van der Waals surface area contributed by atoms with Crippen molar-refractivity contribution in [3.8, 4) is 0 Å². The van der Waals surface area contributed by atoms with Crippen molar-refractivity contribution in [3.05, 3.63) is 0 Å². The smallest absolute Gasteiger partial charge is 0.149 e. The summed E-state index contributed by atoms with van der Waals surface area (Å²) in [6.45, 7) is 8.57. The van der Waals surface area contributed by atoms with Gasteiger partial charge in [0.1, 0.15) is 5.78 Å². The molecule has 1 atom stereocenters. The van der Waals surface area contributed by atoms with Crippen LogP contribution in [-0.2, 0) is 4.79 Å². The average molecular weight is 297 g/mol. The molecule has 0 aliphatic carbocycles. The van der Waals surface area contributed by atoms with Crippen LogP contribution in [0.3, 0.4) is 0 Å². The van der Waals surface area contributed by atoms with Crippen molar-refractivity contribution < 1.29 is 4.79 Å². The number of likely N-dealkylation sites (N-methyl/N-ethyl adjacent to an activating group) is 1. The second-order valence-electron chi connectivity index (χ2n) is 6.46. The number of unbranched alkanes of at least 4 members (excludes halogenated alkanes) is 1. The SMILES string of the molecule is CCN[C@@H](CCCCN1CCC(N(C)C)CC1)C(=O)CC. The first kappa shape index (κ1) is 18.6. The maximum atomic E-state index is 11.8. The minimum atomic E-state index is 0.0828. The van der Waals surface area contributed by atoms with Crippen molar-refractivity contribution in [1.82, 2.24) is 15.1 Å². The van der Waals surface area contributed by atoms with Gasteiger partial charge in [0.15, 0.2) is 0 Å². The van der Waals surface area contributed by atoms with Gasteiger partial charge in [-0.1, -0.05) is 20.3 Å². The molecule has 0 unspecified atom stereocenters. The molecule has 0 bridgehead atoms. The van der Waals surface area contributed by atoms with Gasteiger partial charge in [-0.25, -0.2) is 0 Å². The van der Waals surface area contributed by atoms with Crippen LogP contribution in [0.4, 0.5) is 0 Å². The Hall–Kier alpha value is -0.450. The van der Waals surface area contributed by atoms with Gasteiger partial charge in [-0.05, 0) is 66.0 Å². The molecule has 0 aromatic heterocycles. The van der Waals surface area contributed by atoms with Gasteiger partial charge in [-0.3, -0.25) is 4.79 Å². The zero-order valence-corrected chi connectivity index (χ0v) is 14.5. The van der Waals surface area contributed by atoms with E-state index in [0.717, 1.165) is 25.4 Å². The zero-order chi connectivity index (χ0) is 15.7. The highest BCUT2D eigenvalue weighted by Gasteiger charge is 2.20. The number of nitrogens with one attached hydrogen (secondary N) is 1. The van der Waals surface area contributed by atoms with Crippen LogP contribution in [0.25, 0.3) is 0 Å². The molecule has 1 N–H and O–H groups in total. The van der Waals surface area contributed by atoms with E-state index in [1.165, 1.54) is 38.9 Å². The molecule has 0 spiro atoms. The molecule has 0 amide bonds. The highest BCUT2D eigenvalue weighted by atomic mass is 16.1. The lowest BCUT2D eigenvalue weighted by atomic mass is 10.0. The average Bonchev–Trinajstić information content (AvgIpc) is 2.50. The second kappa shape index (κ2) is 10.3. The lowest BCUT2D eigenvalue weighted by Crippen LogP contribution is -2.42. The molecular formula is C17H35N3O. The first-order valence-corrected chi connectivity index (χ1v) is 8.73. The number of likely N-dealkylation sites (tertiary alicyclic amines) is 1. The van der Waals surface area contributed by atoms with E-state index in [-0.39, 0.29) is 6.04 Å². The Morgan fingerprint density at radius 2 is 1.90 bits per heavy atom. The van der Waals surface area contributed by atoms with Crippen LogP contribution in [0.15, 0.2) is 0 Å². The molecule has 0 aromatic rings. The summed E-state index contributed by atoms with van der Waals surface area (Å²) in [7, 11) is 4.37. The van der Waals surface area contributed by atoms with Crippen LogP contribution in [0, 0.1) is 0 Å². The van der Waals surface area contributed by atoms with Gasteiger partial charge in [0.05, 0.1) is 6.04 Å². The van der Waals surface area contributed by atoms with Gasteiger partial charge in [-0.2, -0.15) is 0 Å². The van der Waals surface area contributed by atoms with Crippen molar-refractivity contribution in [2.75, 3.05) is 40.3 Å². The van der Waals surface area contributed by atoms with Crippen molar-refractivity contribution >= 4 is 5.78 Å². The molecule has 0 radical (unpaired) electrons. The molecule has 1 aliphatic heterocycles. The van der Waals surface area contributed by atoms with Gasteiger partial charge in [0.2, 0.25) is 0 Å². The Balaban J connectivity index is 2.15. The summed E-state index contributed by atoms with van der Waals surface area (Å²) >= 11 is 0. The monoisotopic (exact) mass is 297 g/mol. The fraction of sp³-hybridized carbons (Fsp3) is 0.941. The van der Waals surface area contributed by atoms with Crippen LogP contribution in [0.2, 0.25) is 0 Å². The maximum absolute atomic E-state index is 11.8. The molecule has 4 heteroatoms. The van der Waals surface area contributed by atoms with Crippen molar-refractivity contribution in [2.24, 2.45) is 0 Å². The normalized spacial score (nSPS) is 19.1. The van der Waals surface area contributed by atoms with Crippen molar-refractivity contribution in [1.29, 1.82) is 0 Å².